The third-order valence-corrected chi connectivity index (χ3v) is 3.59. The molecule has 9 nitrogen and oxygen atoms in total. The van der Waals surface area contributed by atoms with Crippen molar-refractivity contribution in [3.63, 3.8) is 0 Å². The van der Waals surface area contributed by atoms with Crippen LogP contribution in [0, 0.1) is 17.0 Å². The highest BCUT2D eigenvalue weighted by Crippen LogP contribution is 2.26. The summed E-state index contributed by atoms with van der Waals surface area (Å²) in [6, 6.07) is 4.91. The number of imide groups is 1. The zero-order valence-electron chi connectivity index (χ0n) is 11.8. The van der Waals surface area contributed by atoms with E-state index >= 15 is 0 Å². The fourth-order valence-corrected chi connectivity index (χ4v) is 2.53. The van der Waals surface area contributed by atoms with E-state index in [4.69, 9.17) is 5.73 Å². The Morgan fingerprint density at radius 1 is 1.17 bits per heavy atom. The number of non-ortho nitro benzene ring substituents is 1. The lowest BCUT2D eigenvalue weighted by Gasteiger charge is -2.13. The highest BCUT2D eigenvalue weighted by molar-refractivity contribution is 6.23. The third-order valence-electron chi connectivity index (χ3n) is 3.59. The fourth-order valence-electron chi connectivity index (χ4n) is 2.53. The van der Waals surface area contributed by atoms with Crippen LogP contribution in [0.4, 0.5) is 11.5 Å². The number of rotatable bonds is 2. The average Bonchev–Trinajstić information content (AvgIpc) is 2.75. The minimum Gasteiger partial charge on any atom is -0.384 e. The Kier molecular flexibility index (Phi) is 2.99. The van der Waals surface area contributed by atoms with E-state index in [0.29, 0.717) is 11.3 Å². The van der Waals surface area contributed by atoms with Crippen LogP contribution < -0.4 is 16.6 Å². The molecule has 0 aliphatic carbocycles. The van der Waals surface area contributed by atoms with Crippen molar-refractivity contribution in [3.05, 3.63) is 61.4 Å². The van der Waals surface area contributed by atoms with E-state index in [1.54, 1.807) is 6.92 Å². The van der Waals surface area contributed by atoms with Crippen LogP contribution >= 0.6 is 0 Å². The molecule has 23 heavy (non-hydrogen) atoms. The Bertz CT molecular complexity index is 960. The molecule has 0 radical (unpaired) electrons. The first-order chi connectivity index (χ1) is 10.8. The van der Waals surface area contributed by atoms with Crippen LogP contribution in [0.5, 0.6) is 0 Å². The molecule has 1 aromatic carbocycles. The first-order valence-electron chi connectivity index (χ1n) is 6.48. The van der Waals surface area contributed by atoms with Crippen LogP contribution in [0.25, 0.3) is 5.69 Å². The molecule has 1 aromatic heterocycles. The molecule has 0 spiro atoms. The lowest BCUT2D eigenvalue weighted by molar-refractivity contribution is -0.384. The van der Waals surface area contributed by atoms with E-state index in [9.17, 15) is 24.5 Å². The Hall–Kier alpha value is -3.49. The van der Waals surface area contributed by atoms with Gasteiger partial charge in [-0.3, -0.25) is 34.4 Å². The van der Waals surface area contributed by atoms with Gasteiger partial charge in [-0.2, -0.15) is 0 Å². The molecule has 116 valence electrons. The van der Waals surface area contributed by atoms with Gasteiger partial charge in [0.1, 0.15) is 5.82 Å². The van der Waals surface area contributed by atoms with Gasteiger partial charge in [-0.15, -0.1) is 0 Å². The minimum atomic E-state index is -0.684. The quantitative estimate of drug-likeness (QED) is 0.471. The molecule has 3 N–H and O–H groups in total. The second kappa shape index (κ2) is 4.77. The molecule has 0 unspecified atom stereocenters. The van der Waals surface area contributed by atoms with Crippen molar-refractivity contribution in [1.29, 1.82) is 0 Å². The van der Waals surface area contributed by atoms with E-state index in [2.05, 4.69) is 5.32 Å². The van der Waals surface area contributed by atoms with E-state index in [-0.39, 0.29) is 22.6 Å². The summed E-state index contributed by atoms with van der Waals surface area (Å²) in [7, 11) is 0. The number of fused-ring (bicyclic) bond motifs is 1. The topological polar surface area (TPSA) is 137 Å². The normalized spacial score (nSPS) is 12.9. The maximum Gasteiger partial charge on any atom is 0.269 e. The molecule has 1 aliphatic heterocycles. The Morgan fingerprint density at radius 3 is 2.48 bits per heavy atom. The molecule has 0 saturated heterocycles. The first-order valence-corrected chi connectivity index (χ1v) is 6.48. The number of nitro groups is 1. The molecule has 0 fully saturated rings. The van der Waals surface area contributed by atoms with Crippen LogP contribution in [0.3, 0.4) is 0 Å². The van der Waals surface area contributed by atoms with Crippen molar-refractivity contribution in [2.75, 3.05) is 5.73 Å². The van der Waals surface area contributed by atoms with Crippen LogP contribution in [0.2, 0.25) is 0 Å². The molecule has 2 amide bonds. The number of nitrogens with one attached hydrogen (secondary N) is 1. The first kappa shape index (κ1) is 14.4. The number of aryl methyl sites for hydroxylation is 1. The van der Waals surface area contributed by atoms with Crippen molar-refractivity contribution >= 4 is 23.3 Å². The van der Waals surface area contributed by atoms with Crippen molar-refractivity contribution in [3.8, 4) is 5.69 Å². The Labute approximate surface area is 128 Å². The summed E-state index contributed by atoms with van der Waals surface area (Å²) in [6.45, 7) is 1.58. The SMILES string of the molecule is Cc1cc([N+](=O)[O-])ccc1-n1c(N)c2c(cc1=O)C(=O)NC2=O. The summed E-state index contributed by atoms with van der Waals surface area (Å²) < 4.78 is 1.05. The van der Waals surface area contributed by atoms with E-state index in [1.807, 2.05) is 0 Å². The molecule has 0 atom stereocenters. The van der Waals surface area contributed by atoms with Gasteiger partial charge < -0.3 is 5.73 Å². The van der Waals surface area contributed by atoms with Crippen molar-refractivity contribution in [2.24, 2.45) is 0 Å². The van der Waals surface area contributed by atoms with Crippen molar-refractivity contribution < 1.29 is 14.5 Å². The number of carbonyl (C=O) groups excluding carboxylic acids is 2. The van der Waals surface area contributed by atoms with E-state index in [0.717, 1.165) is 10.6 Å². The number of nitrogen functional groups attached to an aromatic ring is 1. The number of aromatic nitrogens is 1. The number of carbonyl (C=O) groups is 2. The number of hydrogen-bond acceptors (Lipinski definition) is 6. The molecular formula is C14H10N4O5. The Balaban J connectivity index is 2.29. The zero-order chi connectivity index (χ0) is 16.9. The number of amides is 2. The third kappa shape index (κ3) is 2.06. The van der Waals surface area contributed by atoms with Crippen molar-refractivity contribution in [2.45, 2.75) is 6.92 Å². The van der Waals surface area contributed by atoms with Gasteiger partial charge in [0.2, 0.25) is 0 Å². The van der Waals surface area contributed by atoms with Gasteiger partial charge in [-0.25, -0.2) is 0 Å². The summed E-state index contributed by atoms with van der Waals surface area (Å²) in [6.07, 6.45) is 0. The monoisotopic (exact) mass is 314 g/mol. The molecule has 2 aromatic rings. The summed E-state index contributed by atoms with van der Waals surface area (Å²) in [4.78, 5) is 45.9. The smallest absolute Gasteiger partial charge is 0.269 e. The standard InChI is InChI=1S/C14H10N4O5/c1-6-4-7(18(22)23)2-3-9(6)17-10(19)5-8-11(12(17)15)14(21)16-13(8)20/h2-5H,15H2,1H3,(H,16,20,21). The second-order valence-corrected chi connectivity index (χ2v) is 5.00. The number of anilines is 1. The van der Waals surface area contributed by atoms with Crippen LogP contribution in [-0.2, 0) is 0 Å². The lowest BCUT2D eigenvalue weighted by atomic mass is 10.1. The van der Waals surface area contributed by atoms with Gasteiger partial charge >= 0.3 is 0 Å². The van der Waals surface area contributed by atoms with Crippen molar-refractivity contribution in [1.82, 2.24) is 9.88 Å². The number of benzene rings is 1. The maximum absolute atomic E-state index is 12.3. The van der Waals surface area contributed by atoms with E-state index in [1.165, 1.54) is 18.2 Å². The van der Waals surface area contributed by atoms with Gasteiger partial charge in [0.25, 0.3) is 23.1 Å². The molecular weight excluding hydrogens is 304 g/mol. The number of nitrogens with zero attached hydrogens (tertiary/aromatic N) is 2. The molecule has 9 heteroatoms. The lowest BCUT2D eigenvalue weighted by Crippen LogP contribution is -2.24. The average molecular weight is 314 g/mol. The molecule has 0 bridgehead atoms. The molecule has 1 aliphatic rings. The summed E-state index contributed by atoms with van der Waals surface area (Å²) in [5, 5.41) is 12.9. The number of hydrogen-bond donors (Lipinski definition) is 2. The zero-order valence-corrected chi connectivity index (χ0v) is 11.8. The number of nitrogens with two attached hydrogens (primary N) is 1. The number of nitro benzene ring substituents is 1. The summed E-state index contributed by atoms with van der Waals surface area (Å²) in [5.41, 5.74) is 5.74. The summed E-state index contributed by atoms with van der Waals surface area (Å²) in [5.74, 6) is -1.55. The van der Waals surface area contributed by atoms with Gasteiger partial charge in [-0.1, -0.05) is 0 Å². The predicted octanol–water partition coefficient (Wildman–Crippen LogP) is 0.520. The summed E-state index contributed by atoms with van der Waals surface area (Å²) >= 11 is 0. The predicted molar refractivity (Wildman–Crippen MR) is 79.6 cm³/mol. The largest absolute Gasteiger partial charge is 0.384 e. The van der Waals surface area contributed by atoms with Gasteiger partial charge in [0.05, 0.1) is 21.7 Å². The second-order valence-electron chi connectivity index (χ2n) is 5.00. The van der Waals surface area contributed by atoms with Gasteiger partial charge in [0, 0.05) is 18.2 Å². The van der Waals surface area contributed by atoms with Crippen LogP contribution in [-0.4, -0.2) is 21.3 Å². The van der Waals surface area contributed by atoms with Gasteiger partial charge in [-0.05, 0) is 18.6 Å². The van der Waals surface area contributed by atoms with E-state index < -0.39 is 22.3 Å². The molecule has 2 heterocycles. The minimum absolute atomic E-state index is 0.0756. The van der Waals surface area contributed by atoms with Crippen LogP contribution in [0.15, 0.2) is 29.1 Å². The highest BCUT2D eigenvalue weighted by Gasteiger charge is 2.32. The molecule has 3 rings (SSSR count). The van der Waals surface area contributed by atoms with Crippen LogP contribution in [0.1, 0.15) is 26.3 Å². The fraction of sp³-hybridized carbons (Fsp3) is 0.0714. The maximum atomic E-state index is 12.3. The molecule has 0 saturated carbocycles. The number of pyridine rings is 1. The highest BCUT2D eigenvalue weighted by atomic mass is 16.6. The Morgan fingerprint density at radius 2 is 1.87 bits per heavy atom. The van der Waals surface area contributed by atoms with Gasteiger partial charge in [0.15, 0.2) is 0 Å².